The van der Waals surface area contributed by atoms with Crippen LogP contribution < -0.4 is 71.2 Å². The van der Waals surface area contributed by atoms with Crippen LogP contribution in [0, 0.1) is 5.92 Å². The van der Waals surface area contributed by atoms with Crippen molar-refractivity contribution in [3.8, 4) is 0 Å². The fourth-order valence-corrected chi connectivity index (χ4v) is 7.73. The number of rotatable bonds is 32. The van der Waals surface area contributed by atoms with Gasteiger partial charge in [0, 0.05) is 32.5 Å². The zero-order valence-corrected chi connectivity index (χ0v) is 44.3. The molecule has 20 N–H and O–H groups in total. The minimum Gasteiger partial charge on any atom is -0.481 e. The predicted molar refractivity (Wildman–Crippen MR) is 280 cm³/mol. The van der Waals surface area contributed by atoms with Crippen molar-refractivity contribution in [2.75, 3.05) is 19.6 Å². The molecule has 1 fully saturated rings. The van der Waals surface area contributed by atoms with Crippen molar-refractivity contribution in [2.24, 2.45) is 44.6 Å². The van der Waals surface area contributed by atoms with Crippen LogP contribution in [0.15, 0.2) is 40.3 Å². The van der Waals surface area contributed by atoms with Crippen LogP contribution in [0.1, 0.15) is 98.5 Å². The lowest BCUT2D eigenvalue weighted by atomic mass is 10.0. The Hall–Kier alpha value is -8.11. The van der Waals surface area contributed by atoms with Crippen LogP contribution in [0.5, 0.6) is 0 Å². The van der Waals surface area contributed by atoms with Gasteiger partial charge in [-0.25, -0.2) is 4.79 Å². The predicted octanol–water partition coefficient (Wildman–Crippen LogP) is -4.78. The summed E-state index contributed by atoms with van der Waals surface area (Å²) in [5, 5.41) is 38.8. The highest BCUT2D eigenvalue weighted by molar-refractivity contribution is 5.98. The summed E-state index contributed by atoms with van der Waals surface area (Å²) in [5.41, 5.74) is 28.1. The van der Waals surface area contributed by atoms with Crippen LogP contribution in [0.2, 0.25) is 0 Å². The van der Waals surface area contributed by atoms with Crippen LogP contribution in [0.4, 0.5) is 0 Å². The molecule has 9 amide bonds. The molecule has 0 unspecified atom stereocenters. The van der Waals surface area contributed by atoms with Crippen molar-refractivity contribution >= 4 is 77.0 Å². The monoisotopic (exact) mass is 1090 g/mol. The van der Waals surface area contributed by atoms with E-state index in [-0.39, 0.29) is 70.1 Å². The molecule has 77 heavy (non-hydrogen) atoms. The van der Waals surface area contributed by atoms with E-state index in [9.17, 15) is 57.8 Å². The van der Waals surface area contributed by atoms with E-state index in [4.69, 9.17) is 33.8 Å². The van der Waals surface area contributed by atoms with Crippen LogP contribution in [0.3, 0.4) is 0 Å². The minimum absolute atomic E-state index is 0.0216. The van der Waals surface area contributed by atoms with Gasteiger partial charge >= 0.3 is 11.9 Å². The molecule has 0 aliphatic carbocycles. The van der Waals surface area contributed by atoms with Gasteiger partial charge in [-0.2, -0.15) is 0 Å². The molecular weight excluding hydrogens is 1010 g/mol. The zero-order valence-electron chi connectivity index (χ0n) is 44.3. The van der Waals surface area contributed by atoms with E-state index >= 15 is 0 Å². The minimum atomic E-state index is -1.58. The SMILES string of the molecule is CC(C)[C@H](NC(=O)[C@H](C)NC(=O)[C@@H]1CCCN1C(=O)[C@H](CCCN=C(N)N)NC(=O)[C@H](CCCN=C(N)N)NC(=O)[C@H](C)N)C(=O)N[C@@H](C)C(=O)N[C@@H](C)C(=O)N[C@@H](Cc1ccccc1)C(=O)N[C@@H](CCC(=O)O)C(=O)O. The zero-order chi connectivity index (χ0) is 58.1. The number of aliphatic imine (C=N–C) groups is 2. The second kappa shape index (κ2) is 32.4. The first-order valence-electron chi connectivity index (χ1n) is 25.2. The van der Waals surface area contributed by atoms with Gasteiger partial charge in [0.15, 0.2) is 11.9 Å². The molecule has 1 saturated heterocycles. The molecule has 1 aromatic rings. The number of nitrogens with zero attached hydrogens (tertiary/aromatic N) is 3. The van der Waals surface area contributed by atoms with E-state index in [1.54, 1.807) is 44.2 Å². The quantitative estimate of drug-likeness (QED) is 0.0183. The number of nitrogens with one attached hydrogen (secondary N) is 8. The highest BCUT2D eigenvalue weighted by atomic mass is 16.4. The molecule has 29 nitrogen and oxygen atoms in total. The number of hydrogen-bond donors (Lipinski definition) is 15. The second-order valence-electron chi connectivity index (χ2n) is 19.0. The summed E-state index contributed by atoms with van der Waals surface area (Å²) in [7, 11) is 0. The van der Waals surface area contributed by atoms with Crippen molar-refractivity contribution in [1.82, 2.24) is 47.4 Å². The Morgan fingerprint density at radius 1 is 0.584 bits per heavy atom. The number of likely N-dealkylation sites (tertiary alicyclic amines) is 1. The number of carbonyl (C=O) groups is 11. The first-order valence-corrected chi connectivity index (χ1v) is 25.2. The maximum atomic E-state index is 14.2. The fraction of sp³-hybridized carbons (Fsp3) is 0.604. The lowest BCUT2D eigenvalue weighted by Crippen LogP contribution is -2.60. The van der Waals surface area contributed by atoms with Gasteiger partial charge in [-0.3, -0.25) is 57.9 Å². The van der Waals surface area contributed by atoms with Crippen LogP contribution >= 0.6 is 0 Å². The lowest BCUT2D eigenvalue weighted by Gasteiger charge is -2.31. The summed E-state index contributed by atoms with van der Waals surface area (Å²) >= 11 is 0. The van der Waals surface area contributed by atoms with Gasteiger partial charge in [-0.1, -0.05) is 44.2 Å². The summed E-state index contributed by atoms with van der Waals surface area (Å²) in [5.74, 6) is -10.6. The molecule has 428 valence electrons. The Balaban J connectivity index is 2.15. The van der Waals surface area contributed by atoms with E-state index < -0.39 is 144 Å². The maximum Gasteiger partial charge on any atom is 0.326 e. The van der Waals surface area contributed by atoms with Gasteiger partial charge in [0.1, 0.15) is 54.4 Å². The number of hydrogen-bond acceptors (Lipinski definition) is 14. The first-order chi connectivity index (χ1) is 36.1. The Kier molecular flexibility index (Phi) is 27.3. The Morgan fingerprint density at radius 3 is 1.60 bits per heavy atom. The molecular formula is C48H78N16O13. The summed E-state index contributed by atoms with van der Waals surface area (Å²) in [6, 6.07) is -4.04. The van der Waals surface area contributed by atoms with Crippen molar-refractivity contribution in [3.63, 3.8) is 0 Å². The topological polar surface area (TPSA) is 483 Å². The molecule has 1 aromatic carbocycles. The molecule has 1 aliphatic rings. The van der Waals surface area contributed by atoms with E-state index in [2.05, 4.69) is 52.5 Å². The molecule has 29 heteroatoms. The van der Waals surface area contributed by atoms with Gasteiger partial charge in [0.2, 0.25) is 53.2 Å². The summed E-state index contributed by atoms with van der Waals surface area (Å²) in [4.78, 5) is 154. The average Bonchev–Trinajstić information content (AvgIpc) is 3.86. The molecule has 0 bridgehead atoms. The number of carboxylic acid groups (broad SMARTS) is 2. The van der Waals surface area contributed by atoms with Gasteiger partial charge in [-0.15, -0.1) is 0 Å². The van der Waals surface area contributed by atoms with Crippen molar-refractivity contribution < 1.29 is 63.0 Å². The number of amides is 9. The first kappa shape index (κ1) is 65.0. The normalized spacial score (nSPS) is 16.4. The second-order valence-corrected chi connectivity index (χ2v) is 19.0. The van der Waals surface area contributed by atoms with Crippen LogP contribution in [-0.2, 0) is 59.2 Å². The van der Waals surface area contributed by atoms with E-state index in [1.165, 1.54) is 32.6 Å². The Morgan fingerprint density at radius 2 is 1.06 bits per heavy atom. The fourth-order valence-electron chi connectivity index (χ4n) is 7.73. The Bertz CT molecular complexity index is 2290. The number of nitrogens with two attached hydrogens (primary N) is 5. The van der Waals surface area contributed by atoms with E-state index in [1.807, 2.05) is 0 Å². The van der Waals surface area contributed by atoms with Crippen LogP contribution in [-0.4, -0.2) is 172 Å². The number of carboxylic acids is 2. The number of carbonyl (C=O) groups excluding carboxylic acids is 9. The summed E-state index contributed by atoms with van der Waals surface area (Å²) in [6.07, 6.45) is 0.0896. The summed E-state index contributed by atoms with van der Waals surface area (Å²) in [6.45, 7) is 9.01. The average molecular weight is 1090 g/mol. The van der Waals surface area contributed by atoms with Gasteiger partial charge in [-0.05, 0) is 84.1 Å². The van der Waals surface area contributed by atoms with E-state index in [0.29, 0.717) is 12.0 Å². The van der Waals surface area contributed by atoms with Crippen LogP contribution in [0.25, 0.3) is 0 Å². The number of benzene rings is 1. The van der Waals surface area contributed by atoms with E-state index in [0.717, 1.165) is 0 Å². The third-order valence-electron chi connectivity index (χ3n) is 12.1. The third kappa shape index (κ3) is 23.1. The smallest absolute Gasteiger partial charge is 0.326 e. The number of aliphatic carboxylic acids is 2. The molecule has 1 aliphatic heterocycles. The molecule has 10 atom stereocenters. The Labute approximate surface area is 446 Å². The lowest BCUT2D eigenvalue weighted by molar-refractivity contribution is -0.143. The molecule has 0 spiro atoms. The highest BCUT2D eigenvalue weighted by Gasteiger charge is 2.40. The highest BCUT2D eigenvalue weighted by Crippen LogP contribution is 2.21. The molecule has 0 saturated carbocycles. The number of guanidine groups is 2. The van der Waals surface area contributed by atoms with Gasteiger partial charge < -0.3 is 86.3 Å². The molecule has 1 heterocycles. The van der Waals surface area contributed by atoms with Crippen molar-refractivity contribution in [2.45, 2.75) is 160 Å². The molecule has 0 radical (unpaired) electrons. The van der Waals surface area contributed by atoms with Crippen molar-refractivity contribution in [3.05, 3.63) is 35.9 Å². The van der Waals surface area contributed by atoms with Gasteiger partial charge in [0.05, 0.1) is 6.04 Å². The maximum absolute atomic E-state index is 14.2. The molecule has 0 aromatic heterocycles. The molecule has 2 rings (SSSR count). The largest absolute Gasteiger partial charge is 0.481 e. The standard InChI is InChI=1S/C48H78N16O13/c1-24(2)36(44(74)58-26(4)38(68)56-27(5)39(69)62-33(23-29-13-8-7-9-14-29)42(72)61-32(46(76)77)18-19-35(65)66)63-40(70)28(6)57-43(73)34-17-12-22-64(34)45(75)31(16-11-21-55-48(52)53)60-41(71)30(59-37(67)25(3)49)15-10-20-54-47(50)51/h7-9,13-14,24-28,30-34,36H,10-12,15-23,49H2,1-6H3,(H,56,68)(H,57,73)(H,58,74)(H,59,67)(H,60,71)(H,61,72)(H,62,69)(H,63,70)(H,65,66)(H,76,77)(H4,50,51,54)(H4,52,53,55)/t25-,26-,27-,28-,30-,31-,32-,33-,34-,36-/m0/s1. The summed E-state index contributed by atoms with van der Waals surface area (Å²) < 4.78 is 0. The third-order valence-corrected chi connectivity index (χ3v) is 12.1. The van der Waals surface area contributed by atoms with Crippen molar-refractivity contribution in [1.29, 1.82) is 0 Å². The van der Waals surface area contributed by atoms with Gasteiger partial charge in [0.25, 0.3) is 0 Å².